The molecule has 1 aliphatic rings. The smallest absolute Gasteiger partial charge is 0.129 e. The molecule has 0 bridgehead atoms. The van der Waals surface area contributed by atoms with Gasteiger partial charge in [0.25, 0.3) is 0 Å². The molecular weight excluding hydrogens is 272 g/mol. The number of hydrogen-bond acceptors (Lipinski definition) is 2. The first-order chi connectivity index (χ1) is 10.1. The first kappa shape index (κ1) is 16.4. The van der Waals surface area contributed by atoms with E-state index in [0.717, 1.165) is 38.3 Å². The topological polar surface area (TPSA) is 21.3 Å². The van der Waals surface area contributed by atoms with Crippen molar-refractivity contribution in [2.45, 2.75) is 57.1 Å². The quantitative estimate of drug-likeness (QED) is 0.787. The zero-order valence-corrected chi connectivity index (χ0v) is 12.9. The molecule has 1 fully saturated rings. The molecule has 21 heavy (non-hydrogen) atoms. The molecule has 1 aromatic carbocycles. The molecule has 0 radical (unpaired) electrons. The van der Waals surface area contributed by atoms with Gasteiger partial charge in [-0.1, -0.05) is 13.0 Å². The van der Waals surface area contributed by atoms with Gasteiger partial charge in [-0.05, 0) is 56.7 Å². The molecule has 1 unspecified atom stereocenters. The first-order valence-electron chi connectivity index (χ1n) is 7.81. The second-order valence-electron chi connectivity index (χ2n) is 6.04. The molecule has 0 aliphatic heterocycles. The number of nitrogens with one attached hydrogen (secondary N) is 1. The fraction of sp³-hybridized carbons (Fsp3) is 0.647. The van der Waals surface area contributed by atoms with Gasteiger partial charge in [0.2, 0.25) is 0 Å². The van der Waals surface area contributed by atoms with Gasteiger partial charge in [0.1, 0.15) is 11.6 Å². The summed E-state index contributed by atoms with van der Waals surface area (Å²) in [6.45, 7) is 3.01. The first-order valence-corrected chi connectivity index (χ1v) is 7.81. The Bertz CT molecular complexity index is 455. The number of benzene rings is 1. The number of ether oxygens (including phenoxy) is 1. The Balaban J connectivity index is 2.04. The third-order valence-corrected chi connectivity index (χ3v) is 4.48. The van der Waals surface area contributed by atoms with E-state index < -0.39 is 11.6 Å². The lowest BCUT2D eigenvalue weighted by molar-refractivity contribution is -0.0834. The molecule has 1 aliphatic carbocycles. The second kappa shape index (κ2) is 7.32. The highest BCUT2D eigenvalue weighted by Crippen LogP contribution is 2.39. The Labute approximate surface area is 125 Å². The summed E-state index contributed by atoms with van der Waals surface area (Å²) in [6, 6.07) is 3.99. The van der Waals surface area contributed by atoms with E-state index >= 15 is 0 Å². The number of methoxy groups -OCH3 is 1. The summed E-state index contributed by atoms with van der Waals surface area (Å²) in [6.07, 6.45) is 5.80. The SMILES string of the molecule is CCCNC(Cc1ccc(F)cc1F)CC1(OC)CCC1. The fourth-order valence-corrected chi connectivity index (χ4v) is 3.03. The monoisotopic (exact) mass is 297 g/mol. The van der Waals surface area contributed by atoms with Gasteiger partial charge in [0.05, 0.1) is 5.60 Å². The predicted octanol–water partition coefficient (Wildman–Crippen LogP) is 3.83. The highest BCUT2D eigenvalue weighted by molar-refractivity contribution is 5.20. The summed E-state index contributed by atoms with van der Waals surface area (Å²) in [4.78, 5) is 0. The molecule has 4 heteroatoms. The minimum Gasteiger partial charge on any atom is -0.378 e. The average Bonchev–Trinajstić information content (AvgIpc) is 2.42. The van der Waals surface area contributed by atoms with E-state index in [4.69, 9.17) is 4.74 Å². The summed E-state index contributed by atoms with van der Waals surface area (Å²) < 4.78 is 32.5. The molecule has 2 rings (SSSR count). The lowest BCUT2D eigenvalue weighted by Gasteiger charge is -2.43. The molecule has 1 aromatic rings. The van der Waals surface area contributed by atoms with E-state index in [9.17, 15) is 8.78 Å². The molecule has 118 valence electrons. The van der Waals surface area contributed by atoms with Crippen LogP contribution in [0.2, 0.25) is 0 Å². The maximum absolute atomic E-state index is 13.8. The van der Waals surface area contributed by atoms with Crippen LogP contribution in [0.15, 0.2) is 18.2 Å². The van der Waals surface area contributed by atoms with Crippen molar-refractivity contribution in [2.75, 3.05) is 13.7 Å². The van der Waals surface area contributed by atoms with E-state index in [0.29, 0.717) is 12.0 Å². The van der Waals surface area contributed by atoms with Crippen molar-refractivity contribution < 1.29 is 13.5 Å². The normalized spacial score (nSPS) is 18.3. The zero-order chi connectivity index (χ0) is 15.3. The molecule has 1 N–H and O–H groups in total. The number of hydrogen-bond donors (Lipinski definition) is 1. The van der Waals surface area contributed by atoms with Crippen molar-refractivity contribution >= 4 is 0 Å². The Kier molecular flexibility index (Phi) is 5.71. The summed E-state index contributed by atoms with van der Waals surface area (Å²) in [7, 11) is 1.76. The predicted molar refractivity (Wildman–Crippen MR) is 80.4 cm³/mol. The van der Waals surface area contributed by atoms with Gasteiger partial charge < -0.3 is 10.1 Å². The molecule has 0 aromatic heterocycles. The van der Waals surface area contributed by atoms with Gasteiger partial charge in [-0.3, -0.25) is 0 Å². The van der Waals surface area contributed by atoms with Crippen LogP contribution in [0, 0.1) is 11.6 Å². The van der Waals surface area contributed by atoms with E-state index in [2.05, 4.69) is 12.2 Å². The Hall–Kier alpha value is -1.00. The molecule has 0 spiro atoms. The van der Waals surface area contributed by atoms with Crippen LogP contribution in [-0.2, 0) is 11.2 Å². The highest BCUT2D eigenvalue weighted by Gasteiger charge is 2.38. The molecule has 0 amide bonds. The van der Waals surface area contributed by atoms with Gasteiger partial charge in [0.15, 0.2) is 0 Å². The van der Waals surface area contributed by atoms with Crippen molar-refractivity contribution in [3.8, 4) is 0 Å². The summed E-state index contributed by atoms with van der Waals surface area (Å²) in [5.41, 5.74) is 0.512. The van der Waals surface area contributed by atoms with Crippen molar-refractivity contribution in [1.82, 2.24) is 5.32 Å². The molecular formula is C17H25F2NO. The molecule has 0 saturated heterocycles. The van der Waals surface area contributed by atoms with Crippen LogP contribution in [-0.4, -0.2) is 25.3 Å². The minimum atomic E-state index is -0.526. The Morgan fingerprint density at radius 1 is 1.33 bits per heavy atom. The standard InChI is InChI=1S/C17H25F2NO/c1-3-9-20-15(12-17(21-2)7-4-8-17)10-13-5-6-14(18)11-16(13)19/h5-6,11,15,20H,3-4,7-10,12H2,1-2H3. The third kappa shape index (κ3) is 4.24. The minimum absolute atomic E-state index is 0.0537. The van der Waals surface area contributed by atoms with Gasteiger partial charge in [-0.15, -0.1) is 0 Å². The van der Waals surface area contributed by atoms with Crippen LogP contribution in [0.25, 0.3) is 0 Å². The van der Waals surface area contributed by atoms with Crippen LogP contribution < -0.4 is 5.32 Å². The molecule has 2 nitrogen and oxygen atoms in total. The summed E-state index contributed by atoms with van der Waals surface area (Å²) >= 11 is 0. The lowest BCUT2D eigenvalue weighted by atomic mass is 9.75. The van der Waals surface area contributed by atoms with Gasteiger partial charge >= 0.3 is 0 Å². The van der Waals surface area contributed by atoms with E-state index in [1.165, 1.54) is 12.5 Å². The van der Waals surface area contributed by atoms with Gasteiger partial charge in [0, 0.05) is 19.2 Å². The van der Waals surface area contributed by atoms with E-state index in [-0.39, 0.29) is 11.6 Å². The van der Waals surface area contributed by atoms with Crippen molar-refractivity contribution in [3.63, 3.8) is 0 Å². The van der Waals surface area contributed by atoms with Crippen LogP contribution in [0.4, 0.5) is 8.78 Å². The third-order valence-electron chi connectivity index (χ3n) is 4.48. The van der Waals surface area contributed by atoms with Crippen LogP contribution >= 0.6 is 0 Å². The zero-order valence-electron chi connectivity index (χ0n) is 12.9. The van der Waals surface area contributed by atoms with Crippen molar-refractivity contribution in [2.24, 2.45) is 0 Å². The highest BCUT2D eigenvalue weighted by atomic mass is 19.1. The van der Waals surface area contributed by atoms with E-state index in [1.54, 1.807) is 13.2 Å². The van der Waals surface area contributed by atoms with E-state index in [1.807, 2.05) is 0 Å². The number of halogens is 2. The largest absolute Gasteiger partial charge is 0.378 e. The molecule has 1 atom stereocenters. The maximum atomic E-state index is 13.8. The summed E-state index contributed by atoms with van der Waals surface area (Å²) in [5, 5.41) is 3.48. The fourth-order valence-electron chi connectivity index (χ4n) is 3.03. The van der Waals surface area contributed by atoms with Gasteiger partial charge in [-0.2, -0.15) is 0 Å². The Morgan fingerprint density at radius 3 is 2.62 bits per heavy atom. The maximum Gasteiger partial charge on any atom is 0.129 e. The van der Waals surface area contributed by atoms with Crippen LogP contribution in [0.5, 0.6) is 0 Å². The Morgan fingerprint density at radius 2 is 2.10 bits per heavy atom. The van der Waals surface area contributed by atoms with Crippen LogP contribution in [0.3, 0.4) is 0 Å². The van der Waals surface area contributed by atoms with Crippen molar-refractivity contribution in [1.29, 1.82) is 0 Å². The van der Waals surface area contributed by atoms with Crippen LogP contribution in [0.1, 0.15) is 44.6 Å². The molecule has 0 heterocycles. The number of rotatable bonds is 8. The lowest BCUT2D eigenvalue weighted by Crippen LogP contribution is -2.46. The summed E-state index contributed by atoms with van der Waals surface area (Å²) in [5.74, 6) is -0.986. The average molecular weight is 297 g/mol. The second-order valence-corrected chi connectivity index (χ2v) is 6.04. The van der Waals surface area contributed by atoms with Gasteiger partial charge in [-0.25, -0.2) is 8.78 Å². The molecule has 1 saturated carbocycles. The van der Waals surface area contributed by atoms with Crippen molar-refractivity contribution in [3.05, 3.63) is 35.4 Å².